The van der Waals surface area contributed by atoms with Gasteiger partial charge in [0.2, 0.25) is 10.0 Å². The van der Waals surface area contributed by atoms with Crippen LogP contribution in [0.2, 0.25) is 0 Å². The Morgan fingerprint density at radius 3 is 2.24 bits per heavy atom. The van der Waals surface area contributed by atoms with E-state index < -0.39 is 34.5 Å². The number of nitrogens with two attached hydrogens (primary N) is 2. The molecule has 0 spiro atoms. The first-order valence-corrected chi connectivity index (χ1v) is 12.2. The number of aliphatic carboxylic acids is 1. The summed E-state index contributed by atoms with van der Waals surface area (Å²) in [4.78, 5) is 30.4. The van der Waals surface area contributed by atoms with Gasteiger partial charge in [-0.3, -0.25) is 14.6 Å². The third-order valence-corrected chi connectivity index (χ3v) is 6.89. The molecule has 1 fully saturated rings. The van der Waals surface area contributed by atoms with Gasteiger partial charge in [0, 0.05) is 30.9 Å². The zero-order chi connectivity index (χ0) is 24.7. The van der Waals surface area contributed by atoms with Crippen LogP contribution in [-0.4, -0.2) is 63.1 Å². The summed E-state index contributed by atoms with van der Waals surface area (Å²) in [5.74, 6) is -1.82. The van der Waals surface area contributed by atoms with Crippen LogP contribution in [0, 0.1) is 0 Å². The quantitative estimate of drug-likeness (QED) is 0.243. The lowest BCUT2D eigenvalue weighted by Gasteiger charge is -2.32. The van der Waals surface area contributed by atoms with Crippen molar-refractivity contribution in [2.75, 3.05) is 24.5 Å². The van der Waals surface area contributed by atoms with Gasteiger partial charge in [0.15, 0.2) is 5.96 Å². The highest BCUT2D eigenvalue weighted by molar-refractivity contribution is 7.89. The van der Waals surface area contributed by atoms with Crippen molar-refractivity contribution in [3.8, 4) is 0 Å². The van der Waals surface area contributed by atoms with Crippen molar-refractivity contribution in [1.29, 1.82) is 0 Å². The molecule has 2 aromatic rings. The molecule has 11 nitrogen and oxygen atoms in total. The number of nitrogens with one attached hydrogen (secondary N) is 2. The van der Waals surface area contributed by atoms with Crippen LogP contribution < -0.4 is 26.4 Å². The summed E-state index contributed by atoms with van der Waals surface area (Å²) >= 11 is 0. The molecule has 1 unspecified atom stereocenters. The van der Waals surface area contributed by atoms with Crippen molar-refractivity contribution < 1.29 is 23.1 Å². The Bertz CT molecular complexity index is 1130. The lowest BCUT2D eigenvalue weighted by atomic mass is 10.0. The van der Waals surface area contributed by atoms with Crippen LogP contribution in [0.3, 0.4) is 0 Å². The minimum Gasteiger partial charge on any atom is -0.480 e. The number of carboxylic acid groups (broad SMARTS) is 1. The number of amides is 1. The minimum atomic E-state index is -4.06. The number of piperidine rings is 1. The summed E-state index contributed by atoms with van der Waals surface area (Å²) in [6.45, 7) is 1.13. The number of sulfonamides is 1. The van der Waals surface area contributed by atoms with Gasteiger partial charge in [-0.2, -0.15) is 4.72 Å². The van der Waals surface area contributed by atoms with Crippen molar-refractivity contribution >= 4 is 33.5 Å². The zero-order valence-electron chi connectivity index (χ0n) is 18.4. The van der Waals surface area contributed by atoms with Gasteiger partial charge >= 0.3 is 5.97 Å². The van der Waals surface area contributed by atoms with Crippen LogP contribution in [0.5, 0.6) is 0 Å². The van der Waals surface area contributed by atoms with Crippen LogP contribution >= 0.6 is 0 Å². The molecule has 0 aromatic heterocycles. The molecule has 12 heteroatoms. The maximum atomic E-state index is 12.5. The molecule has 0 aliphatic carbocycles. The van der Waals surface area contributed by atoms with Crippen molar-refractivity contribution in [2.24, 2.45) is 16.5 Å². The number of anilines is 1. The maximum Gasteiger partial charge on any atom is 0.323 e. The Kier molecular flexibility index (Phi) is 8.08. The average Bonchev–Trinajstić information content (AvgIpc) is 2.82. The fourth-order valence-electron chi connectivity index (χ4n) is 3.62. The predicted octanol–water partition coefficient (Wildman–Crippen LogP) is 0.0903. The fourth-order valence-corrected chi connectivity index (χ4v) is 4.83. The second kappa shape index (κ2) is 11.0. The van der Waals surface area contributed by atoms with Gasteiger partial charge < -0.3 is 26.8 Å². The topological polar surface area (TPSA) is 180 Å². The normalized spacial score (nSPS) is 15.4. The smallest absolute Gasteiger partial charge is 0.323 e. The number of hydrogen-bond acceptors (Lipinski definition) is 6. The molecule has 1 atom stereocenters. The third-order valence-electron chi connectivity index (χ3n) is 5.41. The molecular formula is C22H28N6O5S. The van der Waals surface area contributed by atoms with Crippen molar-refractivity contribution in [1.82, 2.24) is 10.0 Å². The van der Waals surface area contributed by atoms with Crippen LogP contribution in [0.25, 0.3) is 0 Å². The van der Waals surface area contributed by atoms with E-state index in [2.05, 4.69) is 19.9 Å². The van der Waals surface area contributed by atoms with Gasteiger partial charge in [0.05, 0.1) is 10.9 Å². The molecule has 1 heterocycles. The number of hydrogen-bond donors (Lipinski definition) is 5. The molecule has 1 aliphatic rings. The number of nitrogens with zero attached hydrogens (tertiary/aromatic N) is 2. The standard InChI is InChI=1S/C22H28N6O5S/c23-22(24)26-16-10-12-28(13-11-16)17-8-6-15(7-9-17)20(29)25-14-19(21(30)31)27-34(32,33)18-4-2-1-3-5-18/h1-9,16,19,27H,10-14H2,(H,25,29)(H,30,31)(H4,23,24,26). The number of guanidine groups is 1. The molecular weight excluding hydrogens is 460 g/mol. The Morgan fingerprint density at radius 1 is 1.06 bits per heavy atom. The van der Waals surface area contributed by atoms with Gasteiger partial charge in [-0.15, -0.1) is 0 Å². The van der Waals surface area contributed by atoms with E-state index in [1.165, 1.54) is 24.3 Å². The summed E-state index contributed by atoms with van der Waals surface area (Å²) in [6.07, 6.45) is 1.63. The van der Waals surface area contributed by atoms with E-state index in [1.807, 2.05) is 12.1 Å². The average molecular weight is 489 g/mol. The summed E-state index contributed by atoms with van der Waals surface area (Å²) in [7, 11) is -4.06. The van der Waals surface area contributed by atoms with Crippen LogP contribution in [0.1, 0.15) is 23.2 Å². The molecule has 1 aliphatic heterocycles. The Morgan fingerprint density at radius 2 is 1.68 bits per heavy atom. The van der Waals surface area contributed by atoms with Crippen LogP contribution in [0.4, 0.5) is 5.69 Å². The number of carboxylic acids is 1. The van der Waals surface area contributed by atoms with Gasteiger partial charge in [-0.05, 0) is 49.2 Å². The predicted molar refractivity (Wildman–Crippen MR) is 128 cm³/mol. The van der Waals surface area contributed by atoms with Crippen LogP contribution in [-0.2, 0) is 14.8 Å². The molecule has 1 saturated heterocycles. The van der Waals surface area contributed by atoms with Crippen molar-refractivity contribution in [3.63, 3.8) is 0 Å². The molecule has 3 rings (SSSR count). The summed E-state index contributed by atoms with van der Waals surface area (Å²) in [6, 6.07) is 12.9. The largest absolute Gasteiger partial charge is 0.480 e. The molecule has 0 bridgehead atoms. The number of carbonyl (C=O) groups is 2. The molecule has 0 radical (unpaired) electrons. The maximum absolute atomic E-state index is 12.5. The monoisotopic (exact) mass is 488 g/mol. The number of aliphatic imine (C=N–C) groups is 1. The SMILES string of the molecule is NC(N)=NC1CCN(c2ccc(C(=O)NCC(NS(=O)(=O)c3ccccc3)C(=O)O)cc2)CC1. The first kappa shape index (κ1) is 25.0. The first-order valence-electron chi connectivity index (χ1n) is 10.7. The number of carbonyl (C=O) groups excluding carboxylic acids is 1. The third kappa shape index (κ3) is 6.68. The fraction of sp³-hybridized carbons (Fsp3) is 0.318. The lowest BCUT2D eigenvalue weighted by molar-refractivity contribution is -0.138. The molecule has 1 amide bonds. The molecule has 7 N–H and O–H groups in total. The van der Waals surface area contributed by atoms with Crippen molar-refractivity contribution in [3.05, 3.63) is 60.2 Å². The summed E-state index contributed by atoms with van der Waals surface area (Å²) < 4.78 is 26.9. The van der Waals surface area contributed by atoms with E-state index in [4.69, 9.17) is 11.5 Å². The Balaban J connectivity index is 1.56. The Hall–Kier alpha value is -3.64. The zero-order valence-corrected chi connectivity index (χ0v) is 19.2. The highest BCUT2D eigenvalue weighted by Gasteiger charge is 2.26. The van der Waals surface area contributed by atoms with Gasteiger partial charge in [0.25, 0.3) is 5.91 Å². The highest BCUT2D eigenvalue weighted by atomic mass is 32.2. The van der Waals surface area contributed by atoms with E-state index in [-0.39, 0.29) is 16.9 Å². The van der Waals surface area contributed by atoms with Gasteiger partial charge in [-0.25, -0.2) is 8.42 Å². The second-order valence-corrected chi connectivity index (χ2v) is 9.57. The summed E-state index contributed by atoms with van der Waals surface area (Å²) in [5, 5.41) is 11.9. The Labute approximate surface area is 197 Å². The van der Waals surface area contributed by atoms with E-state index >= 15 is 0 Å². The van der Waals surface area contributed by atoms with E-state index in [0.717, 1.165) is 31.6 Å². The minimum absolute atomic E-state index is 0.0644. The first-order chi connectivity index (χ1) is 16.2. The van der Waals surface area contributed by atoms with Gasteiger partial charge in [0.1, 0.15) is 6.04 Å². The van der Waals surface area contributed by atoms with Crippen LogP contribution in [0.15, 0.2) is 64.5 Å². The van der Waals surface area contributed by atoms with Gasteiger partial charge in [-0.1, -0.05) is 18.2 Å². The molecule has 182 valence electrons. The van der Waals surface area contributed by atoms with Crippen molar-refractivity contribution in [2.45, 2.75) is 29.8 Å². The second-order valence-electron chi connectivity index (χ2n) is 7.85. The van der Waals surface area contributed by atoms with E-state index in [1.54, 1.807) is 18.2 Å². The highest BCUT2D eigenvalue weighted by Crippen LogP contribution is 2.22. The number of benzene rings is 2. The van der Waals surface area contributed by atoms with E-state index in [0.29, 0.717) is 5.56 Å². The van der Waals surface area contributed by atoms with E-state index in [9.17, 15) is 23.1 Å². The molecule has 34 heavy (non-hydrogen) atoms. The number of rotatable bonds is 9. The lowest BCUT2D eigenvalue weighted by Crippen LogP contribution is -2.48. The molecule has 0 saturated carbocycles. The summed E-state index contributed by atoms with van der Waals surface area (Å²) in [5.41, 5.74) is 12.2. The molecule has 2 aromatic carbocycles.